The number of rotatable bonds is 0. The molecule has 7 heteroatoms. The number of hydrogen-bond acceptors (Lipinski definition) is 5. The van der Waals surface area contributed by atoms with Gasteiger partial charge in [-0.15, -0.1) is 0 Å². The Balaban J connectivity index is 1.98. The van der Waals surface area contributed by atoms with Crippen molar-refractivity contribution in [1.82, 2.24) is 9.80 Å². The van der Waals surface area contributed by atoms with Gasteiger partial charge in [0.1, 0.15) is 11.7 Å². The van der Waals surface area contributed by atoms with Crippen molar-refractivity contribution in [3.05, 3.63) is 35.2 Å². The summed E-state index contributed by atoms with van der Waals surface area (Å²) in [5, 5.41) is 3.21. The largest absolute Gasteiger partial charge is 0.380 e. The minimum absolute atomic E-state index is 0.0224. The van der Waals surface area contributed by atoms with Crippen LogP contribution in [0.4, 0.5) is 20.2 Å². The third-order valence-corrected chi connectivity index (χ3v) is 5.23. The van der Waals surface area contributed by atoms with Crippen molar-refractivity contribution in [2.75, 3.05) is 50.5 Å². The zero-order valence-corrected chi connectivity index (χ0v) is 14.2. The predicted molar refractivity (Wildman–Crippen MR) is 91.7 cm³/mol. The fourth-order valence-corrected chi connectivity index (χ4v) is 3.77. The van der Waals surface area contributed by atoms with Gasteiger partial charge in [0.2, 0.25) is 0 Å². The fraction of sp³-hybridized carbons (Fsp3) is 0.471. The van der Waals surface area contributed by atoms with Crippen LogP contribution in [0.15, 0.2) is 17.4 Å². The lowest BCUT2D eigenvalue weighted by Gasteiger charge is -2.42. The lowest BCUT2D eigenvalue weighted by molar-refractivity contribution is 0.159. The fourth-order valence-electron chi connectivity index (χ4n) is 3.77. The van der Waals surface area contributed by atoms with Gasteiger partial charge in [-0.3, -0.25) is 0 Å². The molecule has 4 rings (SSSR count). The van der Waals surface area contributed by atoms with E-state index in [1.807, 2.05) is 0 Å². The predicted octanol–water partition coefficient (Wildman–Crippen LogP) is 1.98. The number of benzene rings is 1. The lowest BCUT2D eigenvalue weighted by Crippen LogP contribution is -2.56. The van der Waals surface area contributed by atoms with Crippen LogP contribution in [0, 0.1) is 18.6 Å². The number of piperazine rings is 1. The molecule has 1 saturated heterocycles. The summed E-state index contributed by atoms with van der Waals surface area (Å²) in [6, 6.07) is 0.154. The maximum absolute atomic E-state index is 14.9. The second kappa shape index (κ2) is 5.17. The van der Waals surface area contributed by atoms with Gasteiger partial charge in [0, 0.05) is 38.8 Å². The van der Waals surface area contributed by atoms with Crippen molar-refractivity contribution in [3.8, 4) is 0 Å². The van der Waals surface area contributed by atoms with E-state index in [9.17, 15) is 8.78 Å². The molecule has 0 saturated carbocycles. The Bertz CT molecular complexity index is 773. The molecular weight excluding hydrogens is 312 g/mol. The number of halogens is 2. The molecule has 1 unspecified atom stereocenters. The zero-order chi connectivity index (χ0) is 17.2. The number of amidine groups is 1. The Labute approximate surface area is 140 Å². The van der Waals surface area contributed by atoms with Crippen molar-refractivity contribution in [2.24, 2.45) is 4.99 Å². The second-order valence-electron chi connectivity index (χ2n) is 6.75. The van der Waals surface area contributed by atoms with Crippen molar-refractivity contribution >= 4 is 17.2 Å². The van der Waals surface area contributed by atoms with Crippen LogP contribution in [-0.4, -0.2) is 62.0 Å². The molecule has 5 nitrogen and oxygen atoms in total. The molecule has 3 aliphatic heterocycles. The van der Waals surface area contributed by atoms with Gasteiger partial charge in [-0.1, -0.05) is 6.58 Å². The summed E-state index contributed by atoms with van der Waals surface area (Å²) in [7, 11) is 3.78. The Morgan fingerprint density at radius 1 is 1.21 bits per heavy atom. The molecule has 0 aromatic heterocycles. The molecule has 0 aliphatic carbocycles. The molecule has 0 radical (unpaired) electrons. The van der Waals surface area contributed by atoms with E-state index in [2.05, 4.69) is 33.7 Å². The quantitative estimate of drug-likeness (QED) is 0.787. The first-order chi connectivity index (χ1) is 11.4. The van der Waals surface area contributed by atoms with Gasteiger partial charge in [-0.25, -0.2) is 13.8 Å². The third kappa shape index (κ3) is 1.97. The first-order valence-electron chi connectivity index (χ1n) is 8.12. The highest BCUT2D eigenvalue weighted by Crippen LogP contribution is 2.42. The highest BCUT2D eigenvalue weighted by molar-refractivity contribution is 6.11. The topological polar surface area (TPSA) is 34.1 Å². The van der Waals surface area contributed by atoms with Crippen LogP contribution in [0.2, 0.25) is 0 Å². The maximum atomic E-state index is 14.9. The van der Waals surface area contributed by atoms with Gasteiger partial charge in [0.25, 0.3) is 0 Å². The van der Waals surface area contributed by atoms with Crippen molar-refractivity contribution in [3.63, 3.8) is 0 Å². The van der Waals surface area contributed by atoms with E-state index in [-0.39, 0.29) is 11.6 Å². The highest BCUT2D eigenvalue weighted by Gasteiger charge is 2.39. The number of hydrogen-bond donors (Lipinski definition) is 1. The van der Waals surface area contributed by atoms with E-state index in [1.54, 1.807) is 11.9 Å². The van der Waals surface area contributed by atoms with Gasteiger partial charge < -0.3 is 20.0 Å². The van der Waals surface area contributed by atoms with E-state index in [0.717, 1.165) is 19.6 Å². The average Bonchev–Trinajstić information content (AvgIpc) is 2.70. The number of nitrogens with one attached hydrogen (secondary N) is 1. The van der Waals surface area contributed by atoms with Gasteiger partial charge >= 0.3 is 0 Å². The number of fused-ring (bicyclic) bond motifs is 2. The number of likely N-dealkylation sites (N-methyl/N-ethyl adjacent to an activating group) is 1. The van der Waals surface area contributed by atoms with Gasteiger partial charge in [0.15, 0.2) is 11.6 Å². The van der Waals surface area contributed by atoms with Crippen molar-refractivity contribution in [2.45, 2.75) is 13.0 Å². The highest BCUT2D eigenvalue weighted by atomic mass is 19.1. The Morgan fingerprint density at radius 2 is 1.96 bits per heavy atom. The molecule has 3 heterocycles. The summed E-state index contributed by atoms with van der Waals surface area (Å²) >= 11 is 0. The molecule has 0 spiro atoms. The molecule has 3 aliphatic rings. The Morgan fingerprint density at radius 3 is 2.71 bits per heavy atom. The molecular formula is C17H21F2N5. The number of aliphatic imine (C=N–C) groups is 1. The first kappa shape index (κ1) is 15.4. The molecule has 128 valence electrons. The molecule has 1 aromatic rings. The molecule has 1 N–H and O–H groups in total. The number of anilines is 2. The van der Waals surface area contributed by atoms with Gasteiger partial charge in [-0.2, -0.15) is 0 Å². The minimum Gasteiger partial charge on any atom is -0.380 e. The molecule has 1 atom stereocenters. The Hall–Kier alpha value is -2.15. The summed E-state index contributed by atoms with van der Waals surface area (Å²) < 4.78 is 29.7. The van der Waals surface area contributed by atoms with Crippen LogP contribution in [0.5, 0.6) is 0 Å². The second-order valence-corrected chi connectivity index (χ2v) is 6.75. The van der Waals surface area contributed by atoms with E-state index >= 15 is 0 Å². The van der Waals surface area contributed by atoms with Crippen LogP contribution < -0.4 is 10.2 Å². The minimum atomic E-state index is -0.545. The number of nitrogens with zero attached hydrogens (tertiary/aromatic N) is 4. The SMILES string of the molecule is C=C1N=C2c3c(c(F)c(C)c(F)c3N1C)NCC1CN(C)CCN21. The van der Waals surface area contributed by atoms with Gasteiger partial charge in [-0.05, 0) is 14.0 Å². The molecule has 1 fully saturated rings. The zero-order valence-electron chi connectivity index (χ0n) is 14.2. The molecule has 24 heavy (non-hydrogen) atoms. The summed E-state index contributed by atoms with van der Waals surface area (Å²) in [5.74, 6) is 0.0154. The van der Waals surface area contributed by atoms with Crippen molar-refractivity contribution < 1.29 is 8.78 Å². The van der Waals surface area contributed by atoms with E-state index in [1.165, 1.54) is 6.92 Å². The van der Waals surface area contributed by atoms with Gasteiger partial charge in [0.05, 0.1) is 23.0 Å². The first-order valence-corrected chi connectivity index (χ1v) is 8.12. The molecule has 0 bridgehead atoms. The molecule has 1 aromatic carbocycles. The molecule has 0 amide bonds. The van der Waals surface area contributed by atoms with Crippen LogP contribution in [0.3, 0.4) is 0 Å². The van der Waals surface area contributed by atoms with Crippen LogP contribution in [0.1, 0.15) is 11.1 Å². The summed E-state index contributed by atoms with van der Waals surface area (Å²) in [4.78, 5) is 10.6. The van der Waals surface area contributed by atoms with Crippen LogP contribution in [0.25, 0.3) is 0 Å². The van der Waals surface area contributed by atoms with Crippen LogP contribution in [-0.2, 0) is 0 Å². The van der Waals surface area contributed by atoms with Crippen LogP contribution >= 0.6 is 0 Å². The van der Waals surface area contributed by atoms with E-state index in [0.29, 0.717) is 35.1 Å². The van der Waals surface area contributed by atoms with Crippen molar-refractivity contribution in [1.29, 1.82) is 0 Å². The smallest absolute Gasteiger partial charge is 0.153 e. The lowest BCUT2D eigenvalue weighted by atomic mass is 10.0. The average molecular weight is 333 g/mol. The maximum Gasteiger partial charge on any atom is 0.153 e. The monoisotopic (exact) mass is 333 g/mol. The van der Waals surface area contributed by atoms with E-state index in [4.69, 9.17) is 0 Å². The summed E-state index contributed by atoms with van der Waals surface area (Å²) in [6.45, 7) is 8.51. The summed E-state index contributed by atoms with van der Waals surface area (Å²) in [6.07, 6.45) is 0. The Kier molecular flexibility index (Phi) is 3.32. The normalized spacial score (nSPS) is 23.3. The third-order valence-electron chi connectivity index (χ3n) is 5.23. The summed E-state index contributed by atoms with van der Waals surface area (Å²) in [5.41, 5.74) is 1.23. The standard InChI is InChI=1S/C17H21F2N5/c1-9-13(18)15-12-16(14(9)19)23(4)10(2)21-17(12)24-6-5-22(3)8-11(24)7-20-15/h11,20H,2,5-8H2,1,3-4H3. The van der Waals surface area contributed by atoms with E-state index < -0.39 is 11.6 Å².